The molecule has 1 atom stereocenters. The van der Waals surface area contributed by atoms with Gasteiger partial charge in [0, 0.05) is 211 Å². The van der Waals surface area contributed by atoms with Crippen LogP contribution in [0.5, 0.6) is 0 Å². The minimum absolute atomic E-state index is 0.0703. The van der Waals surface area contributed by atoms with E-state index in [0.717, 1.165) is 178 Å². The number of H-pyrrole nitrogens is 4. The van der Waals surface area contributed by atoms with Crippen molar-refractivity contribution in [3.63, 3.8) is 0 Å². The van der Waals surface area contributed by atoms with Gasteiger partial charge in [0.05, 0.1) is 45.5 Å². The zero-order valence-electron chi connectivity index (χ0n) is 76.6. The van der Waals surface area contributed by atoms with Crippen molar-refractivity contribution in [2.75, 3.05) is 87.7 Å². The fourth-order valence-electron chi connectivity index (χ4n) is 16.3. The maximum Gasteiger partial charge on any atom is 0.253 e. The first kappa shape index (κ1) is 93.1. The van der Waals surface area contributed by atoms with Crippen molar-refractivity contribution in [1.29, 1.82) is 0 Å². The van der Waals surface area contributed by atoms with E-state index in [4.69, 9.17) is 0 Å². The number of carbonyl (C=O) groups excluding carboxylic acids is 4. The summed E-state index contributed by atoms with van der Waals surface area (Å²) in [5.41, 5.74) is 22.1. The number of fused-ring (bicyclic) bond motifs is 4. The first-order valence-corrected chi connectivity index (χ1v) is 45.5. The Balaban J connectivity index is 0.000000132. The maximum absolute atomic E-state index is 12.9. The molecule has 19 rings (SSSR count). The lowest BCUT2D eigenvalue weighted by Gasteiger charge is -2.20. The number of nitrogens with one attached hydrogen (secondary N) is 11. The van der Waals surface area contributed by atoms with Gasteiger partial charge in [0.1, 0.15) is 0 Å². The van der Waals surface area contributed by atoms with E-state index >= 15 is 0 Å². The average Bonchev–Trinajstić information content (AvgIpc) is 1.78. The van der Waals surface area contributed by atoms with Crippen LogP contribution < -0.4 is 59.5 Å². The van der Waals surface area contributed by atoms with E-state index in [1.807, 2.05) is 211 Å². The van der Waals surface area contributed by atoms with Crippen LogP contribution in [0.1, 0.15) is 91.2 Å². The van der Waals surface area contributed by atoms with Gasteiger partial charge in [-0.25, -0.2) is 19.9 Å². The third kappa shape index (κ3) is 23.7. The van der Waals surface area contributed by atoms with Gasteiger partial charge < -0.3 is 71.9 Å². The molecule has 0 radical (unpaired) electrons. The molecular formula is C107H106N22O8. The highest BCUT2D eigenvalue weighted by molar-refractivity contribution is 5.97. The normalized spacial score (nSPS) is 12.2. The number of hydrogen-bond donors (Lipinski definition) is 11. The molecule has 30 nitrogen and oxygen atoms in total. The second kappa shape index (κ2) is 44.4. The molecule has 0 saturated carbocycles. The highest BCUT2D eigenvalue weighted by Gasteiger charge is 2.29. The first-order valence-electron chi connectivity index (χ1n) is 45.5. The third-order valence-corrected chi connectivity index (χ3v) is 23.8. The summed E-state index contributed by atoms with van der Waals surface area (Å²) in [6, 6.07) is 78.1. The van der Waals surface area contributed by atoms with Crippen molar-refractivity contribution in [1.82, 2.24) is 88.1 Å². The monoisotopic (exact) mass is 1830 g/mol. The summed E-state index contributed by atoms with van der Waals surface area (Å²) in [7, 11) is 4.12. The molecule has 1 aliphatic rings. The number of pyridine rings is 8. The van der Waals surface area contributed by atoms with Crippen LogP contribution in [0, 0.1) is 6.92 Å². The summed E-state index contributed by atoms with van der Waals surface area (Å²) in [5.74, 6) is -0.170. The lowest BCUT2D eigenvalue weighted by molar-refractivity contribution is 0.0782. The zero-order valence-corrected chi connectivity index (χ0v) is 76.6. The number of aromatic nitrogens is 12. The molecule has 1 aliphatic heterocycles. The minimum Gasteiger partial charge on any atom is -0.352 e. The average molecular weight is 1830 g/mol. The van der Waals surface area contributed by atoms with E-state index in [9.17, 15) is 38.4 Å². The number of aryl methyl sites for hydroxylation is 2. The van der Waals surface area contributed by atoms with Crippen LogP contribution in [0.3, 0.4) is 0 Å². The van der Waals surface area contributed by atoms with Crippen molar-refractivity contribution in [2.45, 2.75) is 58.9 Å². The van der Waals surface area contributed by atoms with E-state index in [-0.39, 0.29) is 45.9 Å². The van der Waals surface area contributed by atoms with E-state index in [1.165, 1.54) is 16.7 Å². The van der Waals surface area contributed by atoms with Gasteiger partial charge in [0.2, 0.25) is 22.2 Å². The molecule has 1 unspecified atom stereocenters. The smallest absolute Gasteiger partial charge is 0.253 e. The van der Waals surface area contributed by atoms with Gasteiger partial charge in [0.25, 0.3) is 23.6 Å². The summed E-state index contributed by atoms with van der Waals surface area (Å²) in [6.07, 6.45) is 25.7. The summed E-state index contributed by atoms with van der Waals surface area (Å²) in [5, 5.41) is 22.5. The van der Waals surface area contributed by atoms with E-state index in [0.29, 0.717) is 47.9 Å². The fraction of sp³-hybridized carbons (Fsp3) is 0.178. The predicted molar refractivity (Wildman–Crippen MR) is 541 cm³/mol. The lowest BCUT2D eigenvalue weighted by atomic mass is 10.1. The molecule has 0 spiro atoms. The van der Waals surface area contributed by atoms with Gasteiger partial charge in [-0.1, -0.05) is 74.0 Å². The Hall–Kier alpha value is -17.1. The number of carbonyl (C=O) groups is 4. The van der Waals surface area contributed by atoms with Crippen molar-refractivity contribution in [3.8, 4) is 45.0 Å². The number of amides is 4. The SMILES string of the molecule is CCN(CC)CCNC(=O)c1ccc(Nc2ccc(-c3cc[nH]c(=O)c3)n3ccnc23)cc1.CN(C)C1CCN(C(=O)c2ccc(Nc3ccc(-c4cc[nH]c(=O)c4)n4ccnc34)cc2)C1.Cc1ccc(CCNC(=O)c2ccc(Nc3ccc(-c4cc[nH]c(=O)c4)n4ccnc34)cc2)cc1.O=C(NCCCCc1ccccc1)c1ccc(Nc2ccc(-c3cc[nH]c(=O)c3)n3ccnc23)cc1. The van der Waals surface area contributed by atoms with Crippen LogP contribution in [0.15, 0.2) is 342 Å². The quantitative estimate of drug-likeness (QED) is 0.0186. The van der Waals surface area contributed by atoms with Gasteiger partial charge >= 0.3 is 0 Å². The summed E-state index contributed by atoms with van der Waals surface area (Å²) < 4.78 is 7.77. The van der Waals surface area contributed by atoms with Crippen LogP contribution in [0.25, 0.3) is 67.6 Å². The Labute approximate surface area is 789 Å². The first-order chi connectivity index (χ1) is 66.8. The van der Waals surface area contributed by atoms with Crippen molar-refractivity contribution >= 4 is 91.7 Å². The fourth-order valence-corrected chi connectivity index (χ4v) is 16.3. The molecular weight excluding hydrogens is 1720 g/mol. The molecule has 137 heavy (non-hydrogen) atoms. The van der Waals surface area contributed by atoms with Crippen molar-refractivity contribution in [2.24, 2.45) is 0 Å². The van der Waals surface area contributed by atoms with Gasteiger partial charge in [-0.2, -0.15) is 0 Å². The molecule has 1 saturated heterocycles. The molecule has 4 amide bonds. The Bertz CT molecular complexity index is 7470. The number of unbranched alkanes of at least 4 members (excludes halogenated alkanes) is 1. The Kier molecular flexibility index (Phi) is 30.2. The molecule has 12 aromatic heterocycles. The summed E-state index contributed by atoms with van der Waals surface area (Å²) in [6.45, 7) is 12.5. The largest absolute Gasteiger partial charge is 0.352 e. The number of hydrogen-bond acceptors (Lipinski definition) is 18. The number of anilines is 8. The van der Waals surface area contributed by atoms with Crippen LogP contribution >= 0.6 is 0 Å². The van der Waals surface area contributed by atoms with E-state index in [2.05, 4.69) is 170 Å². The molecule has 18 aromatic rings. The molecule has 6 aromatic carbocycles. The number of benzene rings is 6. The highest BCUT2D eigenvalue weighted by Crippen LogP contribution is 2.33. The Morgan fingerprint density at radius 1 is 0.380 bits per heavy atom. The van der Waals surface area contributed by atoms with Gasteiger partial charge in [-0.3, -0.25) is 56.0 Å². The topological polar surface area (TPSA) is 363 Å². The lowest BCUT2D eigenvalue weighted by Crippen LogP contribution is -2.34. The molecule has 13 heterocycles. The summed E-state index contributed by atoms with van der Waals surface area (Å²) in [4.78, 5) is 132. The number of rotatable bonds is 30. The number of likely N-dealkylation sites (N-methyl/N-ethyl adjacent to an activating group) is 2. The second-order valence-electron chi connectivity index (χ2n) is 33.2. The predicted octanol–water partition coefficient (Wildman–Crippen LogP) is 16.6. The van der Waals surface area contributed by atoms with E-state index < -0.39 is 0 Å². The number of nitrogens with zero attached hydrogens (tertiary/aromatic N) is 11. The standard InChI is InChI=1S/C29H27N5O2.C28H25N5O2.C25H26N6O2.C25H28N6O2/c35-27-20-23(15-17-30-27)26-14-13-25(28-31-18-19-34(26)28)33-24-11-9-22(10-12-24)29(36)32-16-5-4-8-21-6-2-1-3-7-21;1-19-2-4-20(5-3-19)12-14-31-28(35)21-6-8-23(9-7-21)32-24-10-11-25(33-17-16-30-27(24)33)22-13-15-29-26(34)18-22;1-29(2)20-10-13-30(16-20)25(33)17-3-5-19(6-4-17)28-21-7-8-22(31-14-12-27-24(21)31)18-9-11-26-23(32)15-18;1-3-30(4-2)15-13-28-25(33)18-5-7-20(8-6-18)29-21-9-10-22(31-16-14-27-24(21)31)19-11-12-26-23(32)17-19/h1-3,6-7,9-15,17-20,33H,4-5,8,16H2,(H,30,35)(H,32,36);2-11,13,15-18,32H,12,14H2,1H3,(H,29,34)(H,31,35);3-9,11-12,14-15,20,28H,10,13,16H2,1-2H3,(H,26,32);5-12,14,16-17,29H,3-4,13,15H2,1-2H3,(H,26,32)(H,28,33). The number of imidazole rings is 4. The van der Waals surface area contributed by atoms with Crippen LogP contribution in [-0.4, -0.2) is 168 Å². The maximum atomic E-state index is 12.9. The second-order valence-corrected chi connectivity index (χ2v) is 33.2. The van der Waals surface area contributed by atoms with Gasteiger partial charge in [-0.15, -0.1) is 0 Å². The number of likely N-dealkylation sites (tertiary alicyclic amines) is 1. The van der Waals surface area contributed by atoms with Gasteiger partial charge in [-0.05, 0) is 247 Å². The van der Waals surface area contributed by atoms with Gasteiger partial charge in [0.15, 0.2) is 22.6 Å². The van der Waals surface area contributed by atoms with Crippen LogP contribution in [0.4, 0.5) is 45.5 Å². The number of aromatic amines is 4. The van der Waals surface area contributed by atoms with Crippen LogP contribution in [0.2, 0.25) is 0 Å². The summed E-state index contributed by atoms with van der Waals surface area (Å²) >= 11 is 0. The molecule has 0 aliphatic carbocycles. The Morgan fingerprint density at radius 3 is 1.07 bits per heavy atom. The van der Waals surface area contributed by atoms with Crippen LogP contribution in [-0.2, 0) is 12.8 Å². The van der Waals surface area contributed by atoms with Crippen molar-refractivity contribution < 1.29 is 19.2 Å². The molecule has 692 valence electrons. The highest BCUT2D eigenvalue weighted by atomic mass is 16.2. The molecule has 0 bridgehead atoms. The minimum atomic E-state index is -0.155. The Morgan fingerprint density at radius 2 is 0.723 bits per heavy atom. The van der Waals surface area contributed by atoms with Crippen molar-refractivity contribution in [3.05, 3.63) is 403 Å². The molecule has 11 N–H and O–H groups in total. The van der Waals surface area contributed by atoms with E-state index in [1.54, 1.807) is 86.0 Å². The molecule has 30 heteroatoms. The molecule has 1 fully saturated rings. The third-order valence-electron chi connectivity index (χ3n) is 23.8. The zero-order chi connectivity index (χ0) is 95.1.